The molecule has 6 aliphatic rings. The molecule has 0 aromatic rings. The van der Waals surface area contributed by atoms with Gasteiger partial charge in [-0.15, -0.1) is 0 Å². The maximum Gasteiger partial charge on any atom is 0.237 e. The summed E-state index contributed by atoms with van der Waals surface area (Å²) >= 11 is 0. The summed E-state index contributed by atoms with van der Waals surface area (Å²) in [6.45, 7) is 9.02. The third kappa shape index (κ3) is 9.63. The summed E-state index contributed by atoms with van der Waals surface area (Å²) in [4.78, 5) is 29.9. The lowest BCUT2D eigenvalue weighted by Gasteiger charge is -2.44. The van der Waals surface area contributed by atoms with Crippen LogP contribution in [0.3, 0.4) is 0 Å². The molecule has 2 amide bonds. The molecule has 6 unspecified atom stereocenters. The number of nitrogens with one attached hydrogen (secondary N) is 5. The number of piperidine rings is 2. The van der Waals surface area contributed by atoms with Gasteiger partial charge >= 0.3 is 0 Å². The van der Waals surface area contributed by atoms with Gasteiger partial charge in [-0.1, -0.05) is 0 Å². The number of hydrogen-bond donors (Lipinski definition) is 6. The number of amides is 2. The van der Waals surface area contributed by atoms with E-state index in [1.807, 2.05) is 11.8 Å². The summed E-state index contributed by atoms with van der Waals surface area (Å²) in [5.74, 6) is 1.47. The number of carbonyl (C=O) groups is 2. The molecule has 1 saturated carbocycles. The van der Waals surface area contributed by atoms with Gasteiger partial charge in [0.15, 0.2) is 5.66 Å². The zero-order valence-electron chi connectivity index (χ0n) is 26.9. The molecule has 0 aromatic heterocycles. The van der Waals surface area contributed by atoms with Crippen molar-refractivity contribution in [3.05, 3.63) is 0 Å². The lowest BCUT2D eigenvalue weighted by Crippen LogP contribution is -2.62. The standard InChI is InChI=1S/C31H55N9O5/c1-31(37-38-31)8-4-29(42)40-10-6-23(7-11-40)36-28-13-27(34-19-35-28)30(43)33-14-24(41)17-39-9-5-21-12-25(3-2-22(21)16-39)44-18-26-15-32-20-45-26/h21-28,32,34-36,41H,2-20H2,1H3,(H,33,43)/t21?,22?,24-,25?,26?,27?,28?/m0/s1. The first-order valence-electron chi connectivity index (χ1n) is 17.4. The van der Waals surface area contributed by atoms with Gasteiger partial charge in [0.05, 0.1) is 43.9 Å². The van der Waals surface area contributed by atoms with Gasteiger partial charge in [0.25, 0.3) is 0 Å². The highest BCUT2D eigenvalue weighted by Gasteiger charge is 2.37. The van der Waals surface area contributed by atoms with E-state index < -0.39 is 6.10 Å². The van der Waals surface area contributed by atoms with Crippen LogP contribution < -0.4 is 26.6 Å². The van der Waals surface area contributed by atoms with Crippen molar-refractivity contribution in [3.63, 3.8) is 0 Å². The van der Waals surface area contributed by atoms with Crippen molar-refractivity contribution in [1.29, 1.82) is 0 Å². The summed E-state index contributed by atoms with van der Waals surface area (Å²) in [5.41, 5.74) is -0.326. The van der Waals surface area contributed by atoms with E-state index in [1.54, 1.807) is 0 Å². The summed E-state index contributed by atoms with van der Waals surface area (Å²) in [5, 5.41) is 35.3. The van der Waals surface area contributed by atoms with Crippen molar-refractivity contribution < 1.29 is 24.2 Å². The Labute approximate surface area is 267 Å². The monoisotopic (exact) mass is 633 g/mol. The van der Waals surface area contributed by atoms with Gasteiger partial charge in [-0.25, -0.2) is 0 Å². The second kappa shape index (κ2) is 15.4. The molecule has 0 aromatic carbocycles. The number of carbonyl (C=O) groups excluding carboxylic acids is 2. The summed E-state index contributed by atoms with van der Waals surface area (Å²) in [6, 6.07) is -0.0150. The molecule has 0 radical (unpaired) electrons. The van der Waals surface area contributed by atoms with Gasteiger partial charge in [0, 0.05) is 71.2 Å². The molecule has 6 N–H and O–H groups in total. The van der Waals surface area contributed by atoms with Crippen LogP contribution in [0.25, 0.3) is 0 Å². The Bertz CT molecular complexity index is 1020. The first kappa shape index (κ1) is 33.1. The van der Waals surface area contributed by atoms with E-state index in [0.29, 0.717) is 69.8 Å². The predicted octanol–water partition coefficient (Wildman–Crippen LogP) is -0.305. The van der Waals surface area contributed by atoms with Crippen molar-refractivity contribution in [1.82, 2.24) is 36.4 Å². The van der Waals surface area contributed by atoms with Gasteiger partial charge in [-0.3, -0.25) is 30.9 Å². The number of β-amino-alcohol motifs (C(OH)–C–C–N with tert-alkyl or cyclic N) is 1. The lowest BCUT2D eigenvalue weighted by molar-refractivity contribution is -0.132. The summed E-state index contributed by atoms with van der Waals surface area (Å²) < 4.78 is 11.8. The molecular weight excluding hydrogens is 578 g/mol. The van der Waals surface area contributed by atoms with E-state index in [2.05, 4.69) is 41.7 Å². The van der Waals surface area contributed by atoms with Gasteiger partial charge < -0.3 is 29.7 Å². The Hall–Kier alpha value is -1.78. The predicted molar refractivity (Wildman–Crippen MR) is 167 cm³/mol. The number of nitrogens with zero attached hydrogens (tertiary/aromatic N) is 4. The molecule has 14 nitrogen and oxygen atoms in total. The van der Waals surface area contributed by atoms with E-state index >= 15 is 0 Å². The van der Waals surface area contributed by atoms with Crippen LogP contribution in [-0.4, -0.2) is 135 Å². The highest BCUT2D eigenvalue weighted by molar-refractivity contribution is 5.81. The van der Waals surface area contributed by atoms with Crippen molar-refractivity contribution in [2.45, 2.75) is 107 Å². The molecule has 4 saturated heterocycles. The minimum absolute atomic E-state index is 0.0204. The Morgan fingerprint density at radius 1 is 1.09 bits per heavy atom. The van der Waals surface area contributed by atoms with Crippen LogP contribution in [0.4, 0.5) is 0 Å². The number of rotatable bonds is 13. The minimum atomic E-state index is -0.593. The Morgan fingerprint density at radius 3 is 2.71 bits per heavy atom. The summed E-state index contributed by atoms with van der Waals surface area (Å²) in [7, 11) is 0. The molecule has 1 aliphatic carbocycles. The topological polar surface area (TPSA) is 164 Å². The second-order valence-electron chi connectivity index (χ2n) is 14.3. The van der Waals surface area contributed by atoms with Crippen LogP contribution in [0.2, 0.25) is 0 Å². The smallest absolute Gasteiger partial charge is 0.237 e. The molecule has 254 valence electrons. The van der Waals surface area contributed by atoms with Gasteiger partial charge in [0.2, 0.25) is 11.8 Å². The average Bonchev–Trinajstić information content (AvgIpc) is 3.56. The normalized spacial score (nSPS) is 34.3. The molecule has 5 fully saturated rings. The highest BCUT2D eigenvalue weighted by atomic mass is 16.5. The first-order chi connectivity index (χ1) is 21.8. The molecule has 6 rings (SSSR count). The van der Waals surface area contributed by atoms with E-state index in [-0.39, 0.29) is 42.3 Å². The van der Waals surface area contributed by atoms with Crippen LogP contribution in [0, 0.1) is 11.8 Å². The van der Waals surface area contributed by atoms with Crippen LogP contribution in [0.15, 0.2) is 10.2 Å². The van der Waals surface area contributed by atoms with Gasteiger partial charge in [0.1, 0.15) is 0 Å². The molecule has 5 heterocycles. The van der Waals surface area contributed by atoms with E-state index in [9.17, 15) is 14.7 Å². The van der Waals surface area contributed by atoms with Crippen LogP contribution in [0.5, 0.6) is 0 Å². The zero-order chi connectivity index (χ0) is 31.2. The fourth-order valence-electron chi connectivity index (χ4n) is 7.78. The second-order valence-corrected chi connectivity index (χ2v) is 14.3. The fourth-order valence-corrected chi connectivity index (χ4v) is 7.78. The first-order valence-corrected chi connectivity index (χ1v) is 17.4. The third-order valence-electron chi connectivity index (χ3n) is 10.7. The largest absolute Gasteiger partial charge is 0.390 e. The van der Waals surface area contributed by atoms with E-state index in [4.69, 9.17) is 9.47 Å². The lowest BCUT2D eigenvalue weighted by atomic mass is 9.74. The molecular formula is C31H55N9O5. The number of hydrogen-bond acceptors (Lipinski definition) is 12. The van der Waals surface area contributed by atoms with E-state index in [1.165, 1.54) is 6.42 Å². The number of ether oxygens (including phenoxy) is 2. The van der Waals surface area contributed by atoms with Crippen LogP contribution in [-0.2, 0) is 19.1 Å². The van der Waals surface area contributed by atoms with Gasteiger partial charge in [-0.2, -0.15) is 10.2 Å². The van der Waals surface area contributed by atoms with Crippen LogP contribution >= 0.6 is 0 Å². The molecule has 0 bridgehead atoms. The van der Waals surface area contributed by atoms with Gasteiger partial charge in [-0.05, 0) is 63.8 Å². The average molecular weight is 634 g/mol. The zero-order valence-corrected chi connectivity index (χ0v) is 26.9. The Kier molecular flexibility index (Phi) is 11.3. The molecule has 14 heteroatoms. The maximum atomic E-state index is 13.0. The SMILES string of the molecule is CC1(CCC(=O)N2CCC(NC3CC(C(=O)NC[C@H](O)CN4CCC5CC(OCC6CNCO6)CCC5C4)NCN3)CC2)N=N1. The number of aliphatic hydroxyl groups is 1. The van der Waals surface area contributed by atoms with Crippen molar-refractivity contribution in [3.8, 4) is 0 Å². The third-order valence-corrected chi connectivity index (χ3v) is 10.7. The number of fused-ring (bicyclic) bond motifs is 1. The minimum Gasteiger partial charge on any atom is -0.390 e. The molecule has 45 heavy (non-hydrogen) atoms. The Morgan fingerprint density at radius 2 is 1.93 bits per heavy atom. The van der Waals surface area contributed by atoms with Crippen LogP contribution in [0.1, 0.15) is 64.7 Å². The van der Waals surface area contributed by atoms with E-state index in [0.717, 1.165) is 64.8 Å². The van der Waals surface area contributed by atoms with Crippen molar-refractivity contribution in [2.75, 3.05) is 65.8 Å². The molecule has 7 atom stereocenters. The van der Waals surface area contributed by atoms with Crippen molar-refractivity contribution in [2.24, 2.45) is 22.1 Å². The van der Waals surface area contributed by atoms with Crippen molar-refractivity contribution >= 4 is 11.8 Å². The molecule has 5 aliphatic heterocycles. The number of aliphatic hydroxyl groups excluding tert-OH is 1. The Balaban J connectivity index is 0.836. The number of likely N-dealkylation sites (tertiary alicyclic amines) is 2. The summed E-state index contributed by atoms with van der Waals surface area (Å²) in [6.07, 6.45) is 8.08. The molecule has 0 spiro atoms. The quantitative estimate of drug-likeness (QED) is 0.159. The maximum absolute atomic E-state index is 13.0. The fraction of sp³-hybridized carbons (Fsp3) is 0.935. The highest BCUT2D eigenvalue weighted by Crippen LogP contribution is 2.37.